The van der Waals surface area contributed by atoms with Crippen LogP contribution in [-0.2, 0) is 17.1 Å². The third-order valence-electron chi connectivity index (χ3n) is 7.46. The molecule has 2 atom stereocenters. The first-order valence-corrected chi connectivity index (χ1v) is 13.5. The van der Waals surface area contributed by atoms with Crippen LogP contribution in [0.25, 0.3) is 11.1 Å². The molecule has 3 aromatic rings. The summed E-state index contributed by atoms with van der Waals surface area (Å²) in [5.74, 6) is -2.75. The second kappa shape index (κ2) is 11.4. The summed E-state index contributed by atoms with van der Waals surface area (Å²) in [5.41, 5.74) is 2.19. The second-order valence-corrected chi connectivity index (χ2v) is 10.6. The highest BCUT2D eigenvalue weighted by atomic mass is 35.5. The molecule has 2 aliphatic rings. The summed E-state index contributed by atoms with van der Waals surface area (Å²) in [6.45, 7) is 0.232. The number of aliphatic hydroxyl groups is 1. The van der Waals surface area contributed by atoms with Gasteiger partial charge in [-0.15, -0.1) is 0 Å². The number of nitrogens with zero attached hydrogens (tertiary/aromatic N) is 4. The van der Waals surface area contributed by atoms with Crippen molar-refractivity contribution in [2.24, 2.45) is 0 Å². The van der Waals surface area contributed by atoms with Gasteiger partial charge in [-0.1, -0.05) is 41.4 Å². The number of halogens is 4. The molecule has 206 valence electrons. The fraction of sp³-hybridized carbons (Fsp3) is 0.393. The van der Waals surface area contributed by atoms with Gasteiger partial charge < -0.3 is 5.11 Å². The topological polar surface area (TPSA) is 78.8 Å². The zero-order valence-electron chi connectivity index (χ0n) is 21.3. The Kier molecular flexibility index (Phi) is 8.16. The maximum atomic E-state index is 18.0. The zero-order valence-corrected chi connectivity index (χ0v) is 22.8. The van der Waals surface area contributed by atoms with Crippen molar-refractivity contribution in [2.75, 3.05) is 26.8 Å². The lowest BCUT2D eigenvalue weighted by atomic mass is 9.83. The van der Waals surface area contributed by atoms with E-state index in [0.29, 0.717) is 27.0 Å². The predicted molar refractivity (Wildman–Crippen MR) is 144 cm³/mol. The van der Waals surface area contributed by atoms with Gasteiger partial charge in [-0.05, 0) is 54.2 Å². The number of hydroxylamine groups is 2. The standard InChI is InChI=1S/C28H28Cl2F2N4O3/c1-39-36-27(38)22-7-6-21(17-2-4-18(29)5-3-17)23(14-25-33-15-19(30)16-34-25)26(22)28(36,32)24(10-13-37)35-11-8-20(31)9-12-35/h2-7,15-16,20,24,37H,8-14H2,1H3/t24?,28-/m1/s1. The van der Waals surface area contributed by atoms with Gasteiger partial charge >= 0.3 is 0 Å². The van der Waals surface area contributed by atoms with Gasteiger partial charge in [-0.25, -0.2) is 18.7 Å². The maximum Gasteiger partial charge on any atom is 0.281 e. The Hall–Kier alpha value is -2.69. The summed E-state index contributed by atoms with van der Waals surface area (Å²) in [4.78, 5) is 29.4. The van der Waals surface area contributed by atoms with E-state index in [1.54, 1.807) is 29.2 Å². The number of carbonyl (C=O) groups is 1. The maximum absolute atomic E-state index is 18.0. The van der Waals surface area contributed by atoms with E-state index >= 15 is 4.39 Å². The Labute approximate surface area is 235 Å². The van der Waals surface area contributed by atoms with E-state index in [9.17, 15) is 14.3 Å². The predicted octanol–water partition coefficient (Wildman–Crippen LogP) is 5.37. The summed E-state index contributed by atoms with van der Waals surface area (Å²) in [5, 5.41) is 11.6. The first-order chi connectivity index (χ1) is 18.8. The molecule has 1 N–H and O–H groups in total. The molecular formula is C28H28Cl2F2N4O3. The third kappa shape index (κ3) is 5.14. The van der Waals surface area contributed by atoms with Crippen molar-refractivity contribution in [2.45, 2.75) is 43.7 Å². The fourth-order valence-corrected chi connectivity index (χ4v) is 5.92. The first-order valence-electron chi connectivity index (χ1n) is 12.7. The van der Waals surface area contributed by atoms with Crippen LogP contribution in [0.5, 0.6) is 0 Å². The molecule has 0 aliphatic carbocycles. The Morgan fingerprint density at radius 2 is 1.72 bits per heavy atom. The third-order valence-corrected chi connectivity index (χ3v) is 7.91. The smallest absolute Gasteiger partial charge is 0.281 e. The van der Waals surface area contributed by atoms with Crippen molar-refractivity contribution < 1.29 is 23.5 Å². The number of hydrogen-bond acceptors (Lipinski definition) is 6. The number of piperidine rings is 1. The van der Waals surface area contributed by atoms with Gasteiger partial charge in [0, 0.05) is 49.1 Å². The molecule has 39 heavy (non-hydrogen) atoms. The van der Waals surface area contributed by atoms with Gasteiger partial charge in [0.1, 0.15) is 12.0 Å². The van der Waals surface area contributed by atoms with E-state index in [1.807, 2.05) is 12.1 Å². The van der Waals surface area contributed by atoms with E-state index in [2.05, 4.69) is 9.97 Å². The van der Waals surface area contributed by atoms with Gasteiger partial charge in [-0.3, -0.25) is 14.5 Å². The number of amides is 1. The van der Waals surface area contributed by atoms with Gasteiger partial charge in [0.15, 0.2) is 0 Å². The molecule has 1 aromatic heterocycles. The summed E-state index contributed by atoms with van der Waals surface area (Å²) < 4.78 is 32.0. The van der Waals surface area contributed by atoms with Crippen molar-refractivity contribution in [3.05, 3.63) is 81.4 Å². The van der Waals surface area contributed by atoms with Gasteiger partial charge in [-0.2, -0.15) is 5.06 Å². The van der Waals surface area contributed by atoms with Crippen LogP contribution in [0.2, 0.25) is 10.0 Å². The Morgan fingerprint density at radius 3 is 2.33 bits per heavy atom. The number of rotatable bonds is 8. The lowest BCUT2D eigenvalue weighted by Crippen LogP contribution is -2.58. The van der Waals surface area contributed by atoms with E-state index in [4.69, 9.17) is 28.0 Å². The number of hydrogen-bond donors (Lipinski definition) is 1. The van der Waals surface area contributed by atoms with Gasteiger partial charge in [0.05, 0.1) is 23.7 Å². The minimum Gasteiger partial charge on any atom is -0.396 e. The molecule has 7 nitrogen and oxygen atoms in total. The first kappa shape index (κ1) is 27.9. The van der Waals surface area contributed by atoms with Crippen LogP contribution in [0.15, 0.2) is 48.8 Å². The number of carbonyl (C=O) groups excluding carboxylic acids is 1. The molecule has 1 saturated heterocycles. The molecule has 0 radical (unpaired) electrons. The average Bonchev–Trinajstić information content (AvgIpc) is 3.16. The molecule has 0 saturated carbocycles. The van der Waals surface area contributed by atoms with E-state index in [1.165, 1.54) is 19.5 Å². The average molecular weight is 577 g/mol. The largest absolute Gasteiger partial charge is 0.396 e. The fourth-order valence-electron chi connectivity index (χ4n) is 5.69. The number of aromatic nitrogens is 2. The number of aliphatic hydroxyl groups excluding tert-OH is 1. The molecule has 1 fully saturated rings. The summed E-state index contributed by atoms with van der Waals surface area (Å²) in [6, 6.07) is 9.46. The second-order valence-electron chi connectivity index (χ2n) is 9.71. The normalized spacial score (nSPS) is 20.9. The Bertz CT molecular complexity index is 1340. The van der Waals surface area contributed by atoms with Crippen LogP contribution in [0, 0.1) is 0 Å². The number of alkyl halides is 2. The van der Waals surface area contributed by atoms with Gasteiger partial charge in [0.25, 0.3) is 11.7 Å². The Balaban J connectivity index is 1.74. The van der Waals surface area contributed by atoms with Crippen LogP contribution < -0.4 is 0 Å². The number of fused-ring (bicyclic) bond motifs is 1. The van der Waals surface area contributed by atoms with Crippen molar-refractivity contribution in [3.63, 3.8) is 0 Å². The summed E-state index contributed by atoms with van der Waals surface area (Å²) in [6.07, 6.45) is 2.51. The highest BCUT2D eigenvalue weighted by molar-refractivity contribution is 6.30. The molecule has 11 heteroatoms. The minimum absolute atomic E-state index is 0.00207. The van der Waals surface area contributed by atoms with E-state index in [-0.39, 0.29) is 56.5 Å². The van der Waals surface area contributed by atoms with Crippen LogP contribution in [0.4, 0.5) is 8.78 Å². The van der Waals surface area contributed by atoms with E-state index < -0.39 is 23.9 Å². The zero-order chi connectivity index (χ0) is 27.7. The number of likely N-dealkylation sites (tertiary alicyclic amines) is 1. The lowest BCUT2D eigenvalue weighted by molar-refractivity contribution is -0.237. The SMILES string of the molecule is CON1C(=O)c2ccc(-c3ccc(Cl)cc3)c(Cc3ncc(Cl)cn3)c2[C@@]1(F)C(CCO)N1CCC(F)CC1. The molecule has 2 aliphatic heterocycles. The highest BCUT2D eigenvalue weighted by Gasteiger charge is 2.59. The minimum atomic E-state index is -2.49. The monoisotopic (exact) mass is 576 g/mol. The molecule has 0 spiro atoms. The summed E-state index contributed by atoms with van der Waals surface area (Å²) in [7, 11) is 1.24. The van der Waals surface area contributed by atoms with Crippen molar-refractivity contribution in [1.29, 1.82) is 0 Å². The highest BCUT2D eigenvalue weighted by Crippen LogP contribution is 2.50. The molecule has 5 rings (SSSR count). The summed E-state index contributed by atoms with van der Waals surface area (Å²) >= 11 is 12.1. The Morgan fingerprint density at radius 1 is 1.08 bits per heavy atom. The molecule has 0 bridgehead atoms. The number of benzene rings is 2. The molecule has 2 aromatic carbocycles. The van der Waals surface area contributed by atoms with Crippen molar-refractivity contribution >= 4 is 29.1 Å². The quantitative estimate of drug-likeness (QED) is 0.363. The molecule has 1 amide bonds. The van der Waals surface area contributed by atoms with Crippen LogP contribution in [0.1, 0.15) is 46.6 Å². The van der Waals surface area contributed by atoms with E-state index in [0.717, 1.165) is 10.6 Å². The van der Waals surface area contributed by atoms with Crippen LogP contribution in [0.3, 0.4) is 0 Å². The van der Waals surface area contributed by atoms with Crippen molar-refractivity contribution in [1.82, 2.24) is 19.9 Å². The van der Waals surface area contributed by atoms with Crippen molar-refractivity contribution in [3.8, 4) is 11.1 Å². The molecule has 1 unspecified atom stereocenters. The lowest BCUT2D eigenvalue weighted by Gasteiger charge is -2.44. The van der Waals surface area contributed by atoms with Crippen LogP contribution >= 0.6 is 23.2 Å². The molecule has 3 heterocycles. The van der Waals surface area contributed by atoms with Gasteiger partial charge in [0.2, 0.25) is 0 Å². The van der Waals surface area contributed by atoms with Crippen LogP contribution in [-0.4, -0.2) is 70.0 Å². The molecular weight excluding hydrogens is 549 g/mol.